The molecule has 0 spiro atoms. The van der Waals surface area contributed by atoms with Crippen LogP contribution < -0.4 is 0 Å². The Morgan fingerprint density at radius 2 is 0.672 bits per heavy atom. The van der Waals surface area contributed by atoms with E-state index in [1.54, 1.807) is 140 Å². The number of hydrogen-bond acceptors (Lipinski definition) is 17. The van der Waals surface area contributed by atoms with Gasteiger partial charge in [-0.1, -0.05) is 214 Å². The molecule has 6 aliphatic carbocycles. The lowest BCUT2D eigenvalue weighted by atomic mass is 9.48. The lowest BCUT2D eigenvalue weighted by molar-refractivity contribution is -0.00618. The Kier molecular flexibility index (Phi) is 26.6. The van der Waals surface area contributed by atoms with E-state index in [2.05, 4.69) is 36.4 Å². The van der Waals surface area contributed by atoms with Crippen LogP contribution in [0.5, 0.6) is 63.2 Å². The van der Waals surface area contributed by atoms with Crippen LogP contribution in [-0.4, -0.2) is 93.9 Å². The molecule has 0 radical (unpaired) electrons. The topological polar surface area (TPSA) is 325 Å². The summed E-state index contributed by atoms with van der Waals surface area (Å²) in [6.07, 6.45) is 12.7. The van der Waals surface area contributed by atoms with Crippen molar-refractivity contribution in [1.82, 2.24) is 0 Å². The summed E-state index contributed by atoms with van der Waals surface area (Å²) in [4.78, 5) is 66.9. The summed E-state index contributed by atoms with van der Waals surface area (Å²) in [5, 5.41) is 107. The van der Waals surface area contributed by atoms with Crippen LogP contribution >= 0.6 is 0 Å². The van der Waals surface area contributed by atoms with Crippen LogP contribution in [-0.2, 0) is 22.7 Å². The van der Waals surface area contributed by atoms with Crippen LogP contribution in [0.25, 0.3) is 22.3 Å². The number of phenols is 11. The zero-order chi connectivity index (χ0) is 92.4. The van der Waals surface area contributed by atoms with Gasteiger partial charge in [0.15, 0.2) is 37.7 Å². The minimum atomic E-state index is -0.660. The first kappa shape index (κ1) is 89.9. The van der Waals surface area contributed by atoms with Gasteiger partial charge in [-0.2, -0.15) is 0 Å². The molecule has 4 fully saturated rings. The Morgan fingerprint density at radius 3 is 1.14 bits per heavy atom. The first-order chi connectivity index (χ1) is 63.3. The number of carbonyl (C=O) groups excluding carboxylic acids is 6. The van der Waals surface area contributed by atoms with E-state index in [0.29, 0.717) is 36.3 Å². The Morgan fingerprint density at radius 1 is 0.305 bits per heavy atom. The minimum absolute atomic E-state index is 0.0137. The fourth-order valence-corrected chi connectivity index (χ4v) is 20.3. The van der Waals surface area contributed by atoms with Gasteiger partial charge in [0.25, 0.3) is 0 Å². The van der Waals surface area contributed by atoms with Gasteiger partial charge in [0, 0.05) is 22.8 Å². The number of benzene rings is 15. The number of rotatable bonds is 17. The van der Waals surface area contributed by atoms with E-state index in [9.17, 15) is 84.9 Å². The Bertz CT molecular complexity index is 6590. The highest BCUT2D eigenvalue weighted by atomic mass is 16.3. The quantitative estimate of drug-likeness (QED) is 0.0298. The summed E-state index contributed by atoms with van der Waals surface area (Å²) in [7, 11) is 0. The fourth-order valence-electron chi connectivity index (χ4n) is 20.3. The lowest BCUT2D eigenvalue weighted by Gasteiger charge is -2.57. The maximum atomic E-state index is 11.6. The molecule has 656 valence electrons. The number of aromatic hydroxyl groups is 11. The summed E-state index contributed by atoms with van der Waals surface area (Å²) in [5.41, 5.74) is 21.6. The summed E-state index contributed by atoms with van der Waals surface area (Å²) < 4.78 is 0. The fraction of sp³-hybridized carbons (Fsp3) is 0.158. The molecule has 0 heterocycles. The van der Waals surface area contributed by atoms with Crippen molar-refractivity contribution in [2.24, 2.45) is 17.8 Å². The first-order valence-electron chi connectivity index (χ1n) is 43.3. The van der Waals surface area contributed by atoms with Crippen molar-refractivity contribution in [3.05, 3.63) is 444 Å². The highest BCUT2D eigenvalue weighted by molar-refractivity contribution is 5.91. The van der Waals surface area contributed by atoms with Gasteiger partial charge in [-0.15, -0.1) is 0 Å². The largest absolute Gasteiger partial charge is 0.508 e. The smallest absolute Gasteiger partial charge is 0.154 e. The average molecular weight is 1740 g/mol. The average Bonchev–Trinajstić information content (AvgIpc) is 1.54. The van der Waals surface area contributed by atoms with Crippen molar-refractivity contribution in [1.29, 1.82) is 0 Å². The van der Waals surface area contributed by atoms with Crippen LogP contribution in [0.4, 0.5) is 0 Å². The molecule has 15 aromatic rings. The molecule has 17 heteroatoms. The molecule has 0 amide bonds. The molecule has 0 aromatic heterocycles. The van der Waals surface area contributed by atoms with Gasteiger partial charge in [0.05, 0.1) is 38.8 Å². The standard InChI is InChI=1S/C26H18O3.C20H16O4.C20H16O3.C18H22O2.C16H16O3.C14H10O2/c27-16-17-15-19(11-14-25(17)29)26(18-9-12-20(28)13-10-18)23-7-3-1-5-21(23)22-6-2-4-8-24(22)26;21-12-16-11-15(5-10-19(16)24)20(13-1-6-17(22)7-2-13)14-3-8-18(23)9-4-14;21-13-17-12-16(8-11-19(17)23)20(14-4-2-1-3-5-14)15-6-9-18(22)10-7-15;1-11-2-15(10-19)17(20)16(3-11)18-7-12-4-13(8-18)6-14(5-12)9-18;1-16(2,12-3-6-14(18)7-4-12)13-5-8-15(19)11(9-13)10-17;15-8-13-12-7-9-3-1-2-4-10(9)11(12)5-6-14(13)16/h1-16,28-29H;1-12,20,22-24H;1-13,20,22-23H;2-3,10,12-14,20H,4-9H2,1H3;3-10,18-19H,1-2H3;1-6,8,16H,7H2. The molecule has 4 bridgehead atoms. The van der Waals surface area contributed by atoms with Crippen LogP contribution in [0.3, 0.4) is 0 Å². The summed E-state index contributed by atoms with van der Waals surface area (Å²) in [6.45, 7) is 6.08. The van der Waals surface area contributed by atoms with E-state index in [1.807, 2.05) is 148 Å². The number of fused-ring (bicyclic) bond motifs is 6. The zero-order valence-corrected chi connectivity index (χ0v) is 72.3. The molecule has 15 aromatic carbocycles. The van der Waals surface area contributed by atoms with Gasteiger partial charge in [-0.3, -0.25) is 28.8 Å². The van der Waals surface area contributed by atoms with Gasteiger partial charge in [0.1, 0.15) is 63.2 Å². The Hall–Kier alpha value is -15.9. The molecule has 1 atom stereocenters. The minimum Gasteiger partial charge on any atom is -0.508 e. The van der Waals surface area contributed by atoms with Crippen LogP contribution in [0.2, 0.25) is 0 Å². The van der Waals surface area contributed by atoms with Crippen molar-refractivity contribution in [3.8, 4) is 85.5 Å². The van der Waals surface area contributed by atoms with E-state index in [4.69, 9.17) is 0 Å². The zero-order valence-electron chi connectivity index (χ0n) is 72.3. The maximum Gasteiger partial charge on any atom is 0.154 e. The van der Waals surface area contributed by atoms with Crippen molar-refractivity contribution in [2.45, 2.75) is 93.8 Å². The SMILES string of the molecule is CC(C)(c1ccc(O)cc1)c1ccc(O)c(C=O)c1.Cc1cc(C=O)c(O)c(C23CC4CC(CC(C4)C2)C3)c1.O=Cc1c(O)ccc2c1Cc1ccccc1-2.O=Cc1cc(C(c2ccc(O)cc2)c2ccc(O)cc2)ccc1O.O=Cc1cc(C(c2ccccc2)c2ccc(O)cc2)ccc1O.O=Cc1cc(C2(c3ccc(O)cc3)c3ccccc3-c3ccccc32)ccc1O. The van der Waals surface area contributed by atoms with Gasteiger partial charge < -0.3 is 56.2 Å². The summed E-state index contributed by atoms with van der Waals surface area (Å²) in [5.74, 6) is 3.40. The first-order valence-corrected chi connectivity index (χ1v) is 43.3. The maximum absolute atomic E-state index is 11.6. The highest BCUT2D eigenvalue weighted by Crippen LogP contribution is 2.63. The molecule has 11 N–H and O–H groups in total. The number of aryl methyl sites for hydroxylation is 1. The second kappa shape index (κ2) is 38.8. The van der Waals surface area contributed by atoms with Gasteiger partial charge in [0.2, 0.25) is 0 Å². The van der Waals surface area contributed by atoms with Crippen molar-refractivity contribution >= 4 is 37.7 Å². The molecule has 1 unspecified atom stereocenters. The second-order valence-corrected chi connectivity index (χ2v) is 34.8. The number of aldehydes is 6. The van der Waals surface area contributed by atoms with Crippen molar-refractivity contribution < 1.29 is 84.9 Å². The molecular formula is C114H98O17. The molecule has 0 saturated heterocycles. The van der Waals surface area contributed by atoms with Gasteiger partial charge in [-0.05, 0) is 302 Å². The van der Waals surface area contributed by atoms with E-state index < -0.39 is 5.41 Å². The summed E-state index contributed by atoms with van der Waals surface area (Å²) >= 11 is 0. The van der Waals surface area contributed by atoms with Gasteiger partial charge >= 0.3 is 0 Å². The monoisotopic (exact) mass is 1740 g/mol. The van der Waals surface area contributed by atoms with E-state index in [1.165, 1.54) is 67.9 Å². The normalized spacial score (nSPS) is 16.0. The van der Waals surface area contributed by atoms with Crippen LogP contribution in [0, 0.1) is 24.7 Å². The third-order valence-electron chi connectivity index (χ3n) is 26.3. The van der Waals surface area contributed by atoms with Gasteiger partial charge in [-0.25, -0.2) is 0 Å². The number of carbonyl (C=O) groups is 6. The predicted molar refractivity (Wildman–Crippen MR) is 506 cm³/mol. The van der Waals surface area contributed by atoms with E-state index in [-0.39, 0.29) is 108 Å². The van der Waals surface area contributed by atoms with Crippen LogP contribution in [0.15, 0.2) is 322 Å². The molecule has 131 heavy (non-hydrogen) atoms. The van der Waals surface area contributed by atoms with Crippen molar-refractivity contribution in [3.63, 3.8) is 0 Å². The highest BCUT2D eigenvalue weighted by Gasteiger charge is 2.53. The lowest BCUT2D eigenvalue weighted by Crippen LogP contribution is -2.48. The predicted octanol–water partition coefficient (Wildman–Crippen LogP) is 23.2. The number of phenolic OH excluding ortho intramolecular Hbond substituents is 11. The molecule has 4 saturated carbocycles. The molecule has 6 aliphatic rings. The van der Waals surface area contributed by atoms with E-state index in [0.717, 1.165) is 137 Å². The second-order valence-electron chi connectivity index (χ2n) is 34.8. The molecule has 21 rings (SSSR count). The van der Waals surface area contributed by atoms with E-state index >= 15 is 0 Å². The number of hydrogen-bond donors (Lipinski definition) is 11. The Balaban J connectivity index is 0.000000121. The van der Waals surface area contributed by atoms with Crippen LogP contribution in [0.1, 0.15) is 215 Å². The third-order valence-corrected chi connectivity index (χ3v) is 26.3. The van der Waals surface area contributed by atoms with Crippen molar-refractivity contribution in [2.75, 3.05) is 0 Å². The molecule has 17 nitrogen and oxygen atoms in total. The third kappa shape index (κ3) is 18.7. The Labute approximate surface area is 759 Å². The molecule has 0 aliphatic heterocycles. The molecular weight excluding hydrogens is 1640 g/mol. The summed E-state index contributed by atoms with van der Waals surface area (Å²) in [6, 6.07) is 96.9.